The highest BCUT2D eigenvalue weighted by atomic mass is 79.9. The van der Waals surface area contributed by atoms with Crippen molar-refractivity contribution in [2.24, 2.45) is 5.73 Å². The zero-order valence-corrected chi connectivity index (χ0v) is 10.4. The van der Waals surface area contributed by atoms with E-state index in [1.54, 1.807) is 17.5 Å². The molecule has 2 rings (SSSR count). The van der Waals surface area contributed by atoms with Gasteiger partial charge in [0.1, 0.15) is 0 Å². The summed E-state index contributed by atoms with van der Waals surface area (Å²) in [5, 5.41) is 2.02. The second kappa shape index (κ2) is 4.83. The highest BCUT2D eigenvalue weighted by Crippen LogP contribution is 2.27. The van der Waals surface area contributed by atoms with Crippen molar-refractivity contribution in [2.45, 2.75) is 6.42 Å². The molecule has 78 valence electrons. The second-order valence-electron chi connectivity index (χ2n) is 3.04. The third-order valence-electron chi connectivity index (χ3n) is 1.90. The number of rotatable bonds is 3. The van der Waals surface area contributed by atoms with Gasteiger partial charge in [-0.3, -0.25) is 0 Å². The largest absolute Gasteiger partial charge is 0.330 e. The van der Waals surface area contributed by atoms with Crippen molar-refractivity contribution in [3.8, 4) is 10.7 Å². The van der Waals surface area contributed by atoms with Crippen LogP contribution in [0.4, 0.5) is 0 Å². The third kappa shape index (κ3) is 2.62. The molecule has 3 nitrogen and oxygen atoms in total. The minimum Gasteiger partial charge on any atom is -0.330 e. The Bertz CT molecular complexity index is 455. The molecule has 0 aliphatic heterocycles. The van der Waals surface area contributed by atoms with E-state index in [9.17, 15) is 0 Å². The SMILES string of the molecule is NCCc1ccnc(-c2cc(Br)cs2)n1. The van der Waals surface area contributed by atoms with Gasteiger partial charge >= 0.3 is 0 Å². The average molecular weight is 284 g/mol. The predicted molar refractivity (Wildman–Crippen MR) is 65.8 cm³/mol. The van der Waals surface area contributed by atoms with Crippen molar-refractivity contribution in [1.29, 1.82) is 0 Å². The van der Waals surface area contributed by atoms with Gasteiger partial charge in [-0.1, -0.05) is 0 Å². The zero-order chi connectivity index (χ0) is 10.7. The summed E-state index contributed by atoms with van der Waals surface area (Å²) in [6.07, 6.45) is 2.57. The molecule has 0 amide bonds. The Hall–Kier alpha value is -0.780. The first-order valence-electron chi connectivity index (χ1n) is 4.56. The molecule has 2 aromatic heterocycles. The van der Waals surface area contributed by atoms with Gasteiger partial charge in [0, 0.05) is 28.2 Å². The lowest BCUT2D eigenvalue weighted by atomic mass is 10.3. The number of nitrogens with zero attached hydrogens (tertiary/aromatic N) is 2. The summed E-state index contributed by atoms with van der Waals surface area (Å²) < 4.78 is 1.07. The summed E-state index contributed by atoms with van der Waals surface area (Å²) in [4.78, 5) is 9.76. The van der Waals surface area contributed by atoms with Crippen LogP contribution in [-0.4, -0.2) is 16.5 Å². The zero-order valence-electron chi connectivity index (χ0n) is 7.98. The number of thiophene rings is 1. The maximum Gasteiger partial charge on any atom is 0.169 e. The van der Waals surface area contributed by atoms with Crippen molar-refractivity contribution < 1.29 is 0 Å². The molecule has 5 heteroatoms. The van der Waals surface area contributed by atoms with Crippen LogP contribution in [0, 0.1) is 0 Å². The number of hydrogen-bond donors (Lipinski definition) is 1. The second-order valence-corrected chi connectivity index (χ2v) is 4.87. The molecule has 0 fully saturated rings. The van der Waals surface area contributed by atoms with Gasteiger partial charge in [0.25, 0.3) is 0 Å². The molecule has 0 aromatic carbocycles. The fourth-order valence-corrected chi connectivity index (χ4v) is 2.60. The van der Waals surface area contributed by atoms with Gasteiger partial charge in [0.2, 0.25) is 0 Å². The van der Waals surface area contributed by atoms with E-state index in [0.717, 1.165) is 27.3 Å². The van der Waals surface area contributed by atoms with E-state index < -0.39 is 0 Å². The van der Waals surface area contributed by atoms with Gasteiger partial charge in [-0.2, -0.15) is 0 Å². The van der Waals surface area contributed by atoms with E-state index in [1.165, 1.54) is 0 Å². The first-order chi connectivity index (χ1) is 7.29. The van der Waals surface area contributed by atoms with Crippen molar-refractivity contribution in [2.75, 3.05) is 6.54 Å². The van der Waals surface area contributed by atoms with E-state index in [-0.39, 0.29) is 0 Å². The molecule has 0 saturated carbocycles. The van der Waals surface area contributed by atoms with Crippen molar-refractivity contribution in [3.05, 3.63) is 33.9 Å². The Kier molecular flexibility index (Phi) is 3.45. The van der Waals surface area contributed by atoms with Crippen molar-refractivity contribution in [1.82, 2.24) is 9.97 Å². The highest BCUT2D eigenvalue weighted by molar-refractivity contribution is 9.10. The number of hydrogen-bond acceptors (Lipinski definition) is 4. The fourth-order valence-electron chi connectivity index (χ4n) is 1.23. The van der Waals surface area contributed by atoms with Gasteiger partial charge in [0.15, 0.2) is 5.82 Å². The van der Waals surface area contributed by atoms with Crippen molar-refractivity contribution in [3.63, 3.8) is 0 Å². The lowest BCUT2D eigenvalue weighted by Gasteiger charge is -1.99. The topological polar surface area (TPSA) is 51.8 Å². The van der Waals surface area contributed by atoms with E-state index in [1.807, 2.05) is 17.5 Å². The Labute approximate surface area is 101 Å². The first kappa shape index (κ1) is 10.7. The summed E-state index contributed by atoms with van der Waals surface area (Å²) in [7, 11) is 0. The maximum atomic E-state index is 5.49. The van der Waals surface area contributed by atoms with E-state index in [2.05, 4.69) is 25.9 Å². The van der Waals surface area contributed by atoms with Gasteiger partial charge in [-0.25, -0.2) is 9.97 Å². The molecule has 15 heavy (non-hydrogen) atoms. The molecule has 0 aliphatic carbocycles. The molecule has 0 radical (unpaired) electrons. The van der Waals surface area contributed by atoms with Crippen LogP contribution in [0.1, 0.15) is 5.69 Å². The smallest absolute Gasteiger partial charge is 0.169 e. The van der Waals surface area contributed by atoms with Crippen LogP contribution >= 0.6 is 27.3 Å². The average Bonchev–Trinajstić information content (AvgIpc) is 2.66. The molecule has 0 spiro atoms. The Morgan fingerprint density at radius 3 is 3.00 bits per heavy atom. The summed E-state index contributed by atoms with van der Waals surface area (Å²) >= 11 is 5.04. The van der Waals surface area contributed by atoms with E-state index in [4.69, 9.17) is 5.73 Å². The molecule has 0 unspecified atom stereocenters. The van der Waals surface area contributed by atoms with E-state index >= 15 is 0 Å². The summed E-state index contributed by atoms with van der Waals surface area (Å²) in [6, 6.07) is 3.92. The van der Waals surface area contributed by atoms with Crippen LogP contribution in [0.3, 0.4) is 0 Å². The van der Waals surface area contributed by atoms with Gasteiger partial charge < -0.3 is 5.73 Å². The van der Waals surface area contributed by atoms with Crippen LogP contribution in [0.25, 0.3) is 10.7 Å². The van der Waals surface area contributed by atoms with Crippen LogP contribution in [-0.2, 0) is 6.42 Å². The molecular formula is C10H10BrN3S. The predicted octanol–water partition coefficient (Wildman–Crippen LogP) is 2.47. The first-order valence-corrected chi connectivity index (χ1v) is 6.23. The molecule has 2 aromatic rings. The van der Waals surface area contributed by atoms with Crippen LogP contribution < -0.4 is 5.73 Å². The Morgan fingerprint density at radius 1 is 1.47 bits per heavy atom. The van der Waals surface area contributed by atoms with Crippen molar-refractivity contribution >= 4 is 27.3 Å². The lowest BCUT2D eigenvalue weighted by molar-refractivity contribution is 0.914. The number of halogens is 1. The van der Waals surface area contributed by atoms with E-state index in [0.29, 0.717) is 6.54 Å². The van der Waals surface area contributed by atoms with Gasteiger partial charge in [-0.05, 0) is 34.6 Å². The van der Waals surface area contributed by atoms with Crippen LogP contribution in [0.2, 0.25) is 0 Å². The van der Waals surface area contributed by atoms with Crippen LogP contribution in [0.15, 0.2) is 28.2 Å². The molecule has 0 saturated heterocycles. The minimum absolute atomic E-state index is 0.616. The monoisotopic (exact) mass is 283 g/mol. The lowest BCUT2D eigenvalue weighted by Crippen LogP contribution is -2.05. The third-order valence-corrected chi connectivity index (χ3v) is 3.59. The summed E-state index contributed by atoms with van der Waals surface area (Å²) in [6.45, 7) is 0.616. The molecule has 0 atom stereocenters. The minimum atomic E-state index is 0.616. The normalized spacial score (nSPS) is 10.5. The summed E-state index contributed by atoms with van der Waals surface area (Å²) in [5.41, 5.74) is 6.48. The fraction of sp³-hybridized carbons (Fsp3) is 0.200. The highest BCUT2D eigenvalue weighted by Gasteiger charge is 2.04. The molecular weight excluding hydrogens is 274 g/mol. The molecule has 0 aliphatic rings. The molecule has 2 heterocycles. The van der Waals surface area contributed by atoms with Crippen LogP contribution in [0.5, 0.6) is 0 Å². The number of aromatic nitrogens is 2. The van der Waals surface area contributed by atoms with Gasteiger partial charge in [0.05, 0.1) is 4.88 Å². The Morgan fingerprint density at radius 2 is 2.33 bits per heavy atom. The van der Waals surface area contributed by atoms with Gasteiger partial charge in [-0.15, -0.1) is 11.3 Å². The molecule has 2 N–H and O–H groups in total. The quantitative estimate of drug-likeness (QED) is 0.942. The maximum absolute atomic E-state index is 5.49. The molecule has 0 bridgehead atoms. The number of nitrogens with two attached hydrogens (primary N) is 1. The standard InChI is InChI=1S/C10H10BrN3S/c11-7-5-9(15-6-7)10-13-4-2-8(14-10)1-3-12/h2,4-6H,1,3,12H2. The Balaban J connectivity index is 2.32. The summed E-state index contributed by atoms with van der Waals surface area (Å²) in [5.74, 6) is 0.775.